The SMILES string of the molecule is N#C/C(=C/c1ccc(Oc2ccc([N+](=O)[O-])cc2[N+](=O)[O-])cc1)c1ccccc1F. The molecule has 30 heavy (non-hydrogen) atoms. The number of rotatable bonds is 6. The van der Waals surface area contributed by atoms with Gasteiger partial charge in [-0.15, -0.1) is 0 Å². The van der Waals surface area contributed by atoms with Gasteiger partial charge in [0.05, 0.1) is 27.6 Å². The van der Waals surface area contributed by atoms with E-state index >= 15 is 0 Å². The number of nitro groups is 2. The molecular weight excluding hydrogens is 393 g/mol. The summed E-state index contributed by atoms with van der Waals surface area (Å²) in [6.45, 7) is 0. The van der Waals surface area contributed by atoms with Gasteiger partial charge in [-0.25, -0.2) is 4.39 Å². The molecule has 0 N–H and O–H groups in total. The largest absolute Gasteiger partial charge is 0.450 e. The van der Waals surface area contributed by atoms with E-state index in [4.69, 9.17) is 4.74 Å². The smallest absolute Gasteiger partial charge is 0.318 e. The zero-order valence-corrected chi connectivity index (χ0v) is 15.2. The Hall–Kier alpha value is -4.58. The Morgan fingerprint density at radius 3 is 2.30 bits per heavy atom. The summed E-state index contributed by atoms with van der Waals surface area (Å²) in [7, 11) is 0. The summed E-state index contributed by atoms with van der Waals surface area (Å²) in [6.07, 6.45) is 1.50. The summed E-state index contributed by atoms with van der Waals surface area (Å²) in [6, 6.07) is 17.1. The van der Waals surface area contributed by atoms with Crippen LogP contribution in [-0.4, -0.2) is 9.85 Å². The lowest BCUT2D eigenvalue weighted by Crippen LogP contribution is -1.96. The standard InChI is InChI=1S/C21H12FN3O5/c22-19-4-2-1-3-18(19)15(13-23)11-14-5-8-17(9-6-14)30-21-10-7-16(24(26)27)12-20(21)25(28)29/h1-12H/b15-11-. The number of nitrogens with zero attached hydrogens (tertiary/aromatic N) is 3. The predicted molar refractivity (Wildman–Crippen MR) is 106 cm³/mol. The van der Waals surface area contributed by atoms with Crippen molar-refractivity contribution in [2.24, 2.45) is 0 Å². The molecule has 3 aromatic rings. The summed E-state index contributed by atoms with van der Waals surface area (Å²) >= 11 is 0. The monoisotopic (exact) mass is 405 g/mol. The molecule has 0 aromatic heterocycles. The number of benzene rings is 3. The Labute approximate surface area is 169 Å². The quantitative estimate of drug-likeness (QED) is 0.231. The summed E-state index contributed by atoms with van der Waals surface area (Å²) in [5.41, 5.74) is -0.0823. The van der Waals surface area contributed by atoms with Crippen molar-refractivity contribution in [3.8, 4) is 17.6 Å². The summed E-state index contributed by atoms with van der Waals surface area (Å²) in [5.74, 6) is -0.429. The van der Waals surface area contributed by atoms with Crippen LogP contribution >= 0.6 is 0 Å². The number of hydrogen-bond donors (Lipinski definition) is 0. The van der Waals surface area contributed by atoms with Crippen molar-refractivity contribution in [3.63, 3.8) is 0 Å². The average Bonchev–Trinajstić information content (AvgIpc) is 2.73. The molecule has 0 amide bonds. The minimum atomic E-state index is -0.771. The van der Waals surface area contributed by atoms with Crippen LogP contribution in [0.15, 0.2) is 66.7 Å². The van der Waals surface area contributed by atoms with Crippen LogP contribution < -0.4 is 4.74 Å². The van der Waals surface area contributed by atoms with Crippen LogP contribution in [0.5, 0.6) is 11.5 Å². The zero-order valence-electron chi connectivity index (χ0n) is 15.2. The van der Waals surface area contributed by atoms with Gasteiger partial charge in [0.2, 0.25) is 5.75 Å². The van der Waals surface area contributed by atoms with Crippen LogP contribution in [-0.2, 0) is 0 Å². The molecular formula is C21H12FN3O5. The predicted octanol–water partition coefficient (Wildman–Crippen LogP) is 5.50. The van der Waals surface area contributed by atoms with E-state index in [1.165, 1.54) is 36.4 Å². The molecule has 0 aliphatic carbocycles. The van der Waals surface area contributed by atoms with Crippen LogP contribution in [0, 0.1) is 37.4 Å². The minimum Gasteiger partial charge on any atom is -0.450 e. The fourth-order valence-corrected chi connectivity index (χ4v) is 2.62. The third-order valence-electron chi connectivity index (χ3n) is 4.05. The average molecular weight is 405 g/mol. The molecule has 3 rings (SSSR count). The third-order valence-corrected chi connectivity index (χ3v) is 4.05. The van der Waals surface area contributed by atoms with E-state index in [2.05, 4.69) is 0 Å². The number of nitro benzene ring substituents is 2. The Morgan fingerprint density at radius 1 is 1.00 bits per heavy atom. The highest BCUT2D eigenvalue weighted by Crippen LogP contribution is 2.34. The van der Waals surface area contributed by atoms with Crippen molar-refractivity contribution in [2.75, 3.05) is 0 Å². The van der Waals surface area contributed by atoms with Crippen LogP contribution in [0.1, 0.15) is 11.1 Å². The first kappa shape index (κ1) is 20.2. The molecule has 0 fully saturated rings. The maximum absolute atomic E-state index is 13.9. The molecule has 0 radical (unpaired) electrons. The first-order valence-corrected chi connectivity index (χ1v) is 8.46. The van der Waals surface area contributed by atoms with Crippen molar-refractivity contribution in [1.29, 1.82) is 5.26 Å². The topological polar surface area (TPSA) is 119 Å². The highest BCUT2D eigenvalue weighted by atomic mass is 19.1. The second-order valence-corrected chi connectivity index (χ2v) is 5.99. The van der Waals surface area contributed by atoms with E-state index in [1.54, 1.807) is 18.2 Å². The number of nitriles is 1. The number of non-ortho nitro benzene ring substituents is 1. The molecule has 8 nitrogen and oxygen atoms in total. The van der Waals surface area contributed by atoms with Gasteiger partial charge in [-0.3, -0.25) is 20.2 Å². The van der Waals surface area contributed by atoms with Crippen molar-refractivity contribution in [3.05, 3.63) is 104 Å². The number of ether oxygens (including phenoxy) is 1. The molecule has 0 saturated carbocycles. The van der Waals surface area contributed by atoms with Gasteiger partial charge in [0.1, 0.15) is 11.6 Å². The highest BCUT2D eigenvalue weighted by Gasteiger charge is 2.21. The summed E-state index contributed by atoms with van der Waals surface area (Å²) in [4.78, 5) is 20.5. The second-order valence-electron chi connectivity index (χ2n) is 5.99. The molecule has 0 bridgehead atoms. The van der Waals surface area contributed by atoms with Crippen LogP contribution in [0.3, 0.4) is 0 Å². The molecule has 0 heterocycles. The normalized spacial score (nSPS) is 10.9. The number of allylic oxidation sites excluding steroid dienone is 1. The lowest BCUT2D eigenvalue weighted by atomic mass is 10.0. The molecule has 0 saturated heterocycles. The van der Waals surface area contributed by atoms with E-state index < -0.39 is 27.0 Å². The van der Waals surface area contributed by atoms with Gasteiger partial charge in [0.15, 0.2) is 0 Å². The molecule has 0 atom stereocenters. The Kier molecular flexibility index (Phi) is 5.79. The van der Waals surface area contributed by atoms with Crippen molar-refractivity contribution < 1.29 is 19.0 Å². The Bertz CT molecular complexity index is 1200. The van der Waals surface area contributed by atoms with Gasteiger partial charge in [-0.2, -0.15) is 5.26 Å². The Morgan fingerprint density at radius 2 is 1.70 bits per heavy atom. The van der Waals surface area contributed by atoms with E-state index in [0.717, 1.165) is 18.2 Å². The first-order valence-electron chi connectivity index (χ1n) is 8.46. The van der Waals surface area contributed by atoms with Gasteiger partial charge in [0.25, 0.3) is 5.69 Å². The number of halogens is 1. The fourth-order valence-electron chi connectivity index (χ4n) is 2.62. The van der Waals surface area contributed by atoms with Crippen LogP contribution in [0.2, 0.25) is 0 Å². The molecule has 9 heteroatoms. The van der Waals surface area contributed by atoms with Gasteiger partial charge < -0.3 is 4.74 Å². The van der Waals surface area contributed by atoms with Crippen molar-refractivity contribution in [2.45, 2.75) is 0 Å². The zero-order chi connectivity index (χ0) is 21.7. The third kappa shape index (κ3) is 4.45. The van der Waals surface area contributed by atoms with E-state index in [1.807, 2.05) is 6.07 Å². The number of hydrogen-bond acceptors (Lipinski definition) is 6. The van der Waals surface area contributed by atoms with Crippen molar-refractivity contribution >= 4 is 23.0 Å². The van der Waals surface area contributed by atoms with Gasteiger partial charge in [-0.05, 0) is 35.9 Å². The molecule has 0 aliphatic rings. The second kappa shape index (κ2) is 8.62. The summed E-state index contributed by atoms with van der Waals surface area (Å²) in [5, 5.41) is 31.3. The van der Waals surface area contributed by atoms with E-state index in [9.17, 15) is 29.9 Å². The fraction of sp³-hybridized carbons (Fsp3) is 0. The van der Waals surface area contributed by atoms with Crippen LogP contribution in [0.4, 0.5) is 15.8 Å². The molecule has 3 aromatic carbocycles. The van der Waals surface area contributed by atoms with Crippen LogP contribution in [0.25, 0.3) is 11.6 Å². The molecule has 0 aliphatic heterocycles. The Balaban J connectivity index is 1.87. The van der Waals surface area contributed by atoms with Gasteiger partial charge in [-0.1, -0.05) is 30.3 Å². The minimum absolute atomic E-state index is 0.132. The van der Waals surface area contributed by atoms with E-state index in [-0.39, 0.29) is 22.6 Å². The molecule has 0 unspecified atom stereocenters. The highest BCUT2D eigenvalue weighted by molar-refractivity contribution is 5.89. The first-order chi connectivity index (χ1) is 14.4. The lowest BCUT2D eigenvalue weighted by Gasteiger charge is -2.07. The summed E-state index contributed by atoms with van der Waals surface area (Å²) < 4.78 is 19.4. The van der Waals surface area contributed by atoms with E-state index in [0.29, 0.717) is 5.56 Å². The van der Waals surface area contributed by atoms with Gasteiger partial charge >= 0.3 is 5.69 Å². The maximum Gasteiger partial charge on any atom is 0.318 e. The van der Waals surface area contributed by atoms with Gasteiger partial charge in [0, 0.05) is 11.6 Å². The maximum atomic E-state index is 13.9. The molecule has 148 valence electrons. The lowest BCUT2D eigenvalue weighted by molar-refractivity contribution is -0.394. The van der Waals surface area contributed by atoms with Crippen molar-refractivity contribution in [1.82, 2.24) is 0 Å². The molecule has 0 spiro atoms.